The SMILES string of the molecule is O=C(c1cc(-c2ccco2)n(-c2ccc(Cl)cc2)n1)N1CCC1. The van der Waals surface area contributed by atoms with Crippen molar-refractivity contribution in [3.63, 3.8) is 0 Å². The first-order valence-electron chi connectivity index (χ1n) is 7.41. The number of amides is 1. The van der Waals surface area contributed by atoms with E-state index in [-0.39, 0.29) is 5.91 Å². The van der Waals surface area contributed by atoms with Crippen LogP contribution in [0.25, 0.3) is 17.1 Å². The van der Waals surface area contributed by atoms with Crippen LogP contribution in [0.3, 0.4) is 0 Å². The fourth-order valence-electron chi connectivity index (χ4n) is 2.55. The summed E-state index contributed by atoms with van der Waals surface area (Å²) in [5, 5.41) is 5.14. The van der Waals surface area contributed by atoms with Crippen molar-refractivity contribution >= 4 is 17.5 Å². The van der Waals surface area contributed by atoms with Crippen LogP contribution in [-0.2, 0) is 0 Å². The summed E-state index contributed by atoms with van der Waals surface area (Å²) in [5.74, 6) is 0.617. The highest BCUT2D eigenvalue weighted by Crippen LogP contribution is 2.26. The predicted octanol–water partition coefficient (Wildman–Crippen LogP) is 3.63. The van der Waals surface area contributed by atoms with E-state index in [1.54, 1.807) is 34.0 Å². The van der Waals surface area contributed by atoms with Gasteiger partial charge in [-0.15, -0.1) is 0 Å². The fraction of sp³-hybridized carbons (Fsp3) is 0.176. The fourth-order valence-corrected chi connectivity index (χ4v) is 2.67. The van der Waals surface area contributed by atoms with Crippen LogP contribution < -0.4 is 0 Å². The lowest BCUT2D eigenvalue weighted by atomic mass is 10.2. The monoisotopic (exact) mass is 327 g/mol. The molecule has 3 heterocycles. The molecule has 0 atom stereocenters. The number of halogens is 1. The molecule has 1 aliphatic heterocycles. The van der Waals surface area contributed by atoms with Gasteiger partial charge in [0.1, 0.15) is 5.69 Å². The number of rotatable bonds is 3. The lowest BCUT2D eigenvalue weighted by molar-refractivity contribution is 0.0645. The van der Waals surface area contributed by atoms with Crippen LogP contribution in [0.4, 0.5) is 0 Å². The largest absolute Gasteiger partial charge is 0.463 e. The van der Waals surface area contributed by atoms with Gasteiger partial charge in [-0.3, -0.25) is 4.79 Å². The molecule has 3 aromatic rings. The van der Waals surface area contributed by atoms with E-state index in [2.05, 4.69) is 5.10 Å². The number of hydrogen-bond donors (Lipinski definition) is 0. The van der Waals surface area contributed by atoms with Crippen molar-refractivity contribution in [2.45, 2.75) is 6.42 Å². The van der Waals surface area contributed by atoms with Gasteiger partial charge in [-0.05, 0) is 42.8 Å². The molecule has 0 N–H and O–H groups in total. The van der Waals surface area contributed by atoms with E-state index < -0.39 is 0 Å². The summed E-state index contributed by atoms with van der Waals surface area (Å²) in [7, 11) is 0. The Labute approximate surface area is 138 Å². The van der Waals surface area contributed by atoms with Crippen LogP contribution in [0.2, 0.25) is 5.02 Å². The number of carbonyl (C=O) groups excluding carboxylic acids is 1. The van der Waals surface area contributed by atoms with E-state index in [9.17, 15) is 4.79 Å². The first kappa shape index (κ1) is 14.1. The topological polar surface area (TPSA) is 51.3 Å². The molecule has 0 spiro atoms. The minimum Gasteiger partial charge on any atom is -0.463 e. The number of nitrogens with zero attached hydrogens (tertiary/aromatic N) is 3. The zero-order chi connectivity index (χ0) is 15.8. The molecule has 0 aliphatic carbocycles. The number of benzene rings is 1. The van der Waals surface area contributed by atoms with Gasteiger partial charge in [-0.1, -0.05) is 11.6 Å². The molecule has 1 amide bonds. The van der Waals surface area contributed by atoms with E-state index in [0.29, 0.717) is 16.5 Å². The molecular weight excluding hydrogens is 314 g/mol. The lowest BCUT2D eigenvalue weighted by Crippen LogP contribution is -2.42. The molecule has 0 unspecified atom stereocenters. The molecule has 0 saturated carbocycles. The molecule has 0 radical (unpaired) electrons. The number of likely N-dealkylation sites (tertiary alicyclic amines) is 1. The zero-order valence-electron chi connectivity index (χ0n) is 12.3. The molecule has 116 valence electrons. The number of carbonyl (C=O) groups is 1. The second kappa shape index (κ2) is 5.59. The van der Waals surface area contributed by atoms with Crippen LogP contribution >= 0.6 is 11.6 Å². The number of hydrogen-bond acceptors (Lipinski definition) is 3. The van der Waals surface area contributed by atoms with Gasteiger partial charge in [0.25, 0.3) is 5.91 Å². The van der Waals surface area contributed by atoms with Crippen molar-refractivity contribution in [2.75, 3.05) is 13.1 Å². The predicted molar refractivity (Wildman–Crippen MR) is 86.8 cm³/mol. The van der Waals surface area contributed by atoms with E-state index in [0.717, 1.165) is 30.9 Å². The highest BCUT2D eigenvalue weighted by molar-refractivity contribution is 6.30. The van der Waals surface area contributed by atoms with Crippen LogP contribution in [0.5, 0.6) is 0 Å². The van der Waals surface area contributed by atoms with Crippen molar-refractivity contribution in [1.29, 1.82) is 0 Å². The van der Waals surface area contributed by atoms with Crippen LogP contribution in [0, 0.1) is 0 Å². The number of furan rings is 1. The van der Waals surface area contributed by atoms with Gasteiger partial charge in [0.2, 0.25) is 0 Å². The van der Waals surface area contributed by atoms with E-state index in [4.69, 9.17) is 16.0 Å². The number of aromatic nitrogens is 2. The summed E-state index contributed by atoms with van der Waals surface area (Å²) >= 11 is 5.95. The molecule has 0 bridgehead atoms. The summed E-state index contributed by atoms with van der Waals surface area (Å²) in [5.41, 5.74) is 1.98. The third-order valence-corrected chi connectivity index (χ3v) is 4.17. The molecule has 4 rings (SSSR count). The van der Waals surface area contributed by atoms with Crippen LogP contribution in [0.1, 0.15) is 16.9 Å². The summed E-state index contributed by atoms with van der Waals surface area (Å²) in [6, 6.07) is 12.7. The second-order valence-electron chi connectivity index (χ2n) is 5.43. The summed E-state index contributed by atoms with van der Waals surface area (Å²) in [4.78, 5) is 14.2. The smallest absolute Gasteiger partial charge is 0.274 e. The van der Waals surface area contributed by atoms with Crippen molar-refractivity contribution in [3.8, 4) is 17.1 Å². The lowest BCUT2D eigenvalue weighted by Gasteiger charge is -2.29. The summed E-state index contributed by atoms with van der Waals surface area (Å²) < 4.78 is 7.20. The van der Waals surface area contributed by atoms with Gasteiger partial charge in [0, 0.05) is 24.2 Å². The Bertz CT molecular complexity index is 833. The first-order chi connectivity index (χ1) is 11.2. The van der Waals surface area contributed by atoms with Crippen molar-refractivity contribution in [1.82, 2.24) is 14.7 Å². The molecule has 1 saturated heterocycles. The highest BCUT2D eigenvalue weighted by Gasteiger charge is 2.26. The molecule has 2 aromatic heterocycles. The normalized spacial score (nSPS) is 13.9. The quantitative estimate of drug-likeness (QED) is 0.738. The molecule has 1 fully saturated rings. The standard InChI is InChI=1S/C17H14ClN3O2/c18-12-4-6-13(7-5-12)21-15(16-3-1-10-23-16)11-14(19-21)17(22)20-8-2-9-20/h1,3-7,10-11H,2,8-9H2. The van der Waals surface area contributed by atoms with Gasteiger partial charge in [0.15, 0.2) is 11.5 Å². The van der Waals surface area contributed by atoms with E-state index in [1.807, 2.05) is 24.3 Å². The Balaban J connectivity index is 1.80. The Morgan fingerprint density at radius 1 is 1.17 bits per heavy atom. The summed E-state index contributed by atoms with van der Waals surface area (Å²) in [6.45, 7) is 1.59. The average molecular weight is 328 g/mol. The van der Waals surface area contributed by atoms with Crippen molar-refractivity contribution in [3.05, 3.63) is 59.4 Å². The zero-order valence-corrected chi connectivity index (χ0v) is 13.0. The van der Waals surface area contributed by atoms with Crippen molar-refractivity contribution < 1.29 is 9.21 Å². The minimum atomic E-state index is -0.0447. The molecule has 6 heteroatoms. The van der Waals surface area contributed by atoms with Crippen molar-refractivity contribution in [2.24, 2.45) is 0 Å². The van der Waals surface area contributed by atoms with E-state index >= 15 is 0 Å². The van der Waals surface area contributed by atoms with Gasteiger partial charge in [0.05, 0.1) is 12.0 Å². The van der Waals surface area contributed by atoms with Gasteiger partial charge in [-0.2, -0.15) is 5.10 Å². The average Bonchev–Trinajstić information content (AvgIpc) is 3.15. The summed E-state index contributed by atoms with van der Waals surface area (Å²) in [6.07, 6.45) is 2.65. The molecule has 1 aliphatic rings. The van der Waals surface area contributed by atoms with Gasteiger partial charge < -0.3 is 9.32 Å². The van der Waals surface area contributed by atoms with Crippen LogP contribution in [-0.4, -0.2) is 33.7 Å². The minimum absolute atomic E-state index is 0.0447. The Hall–Kier alpha value is -2.53. The highest BCUT2D eigenvalue weighted by atomic mass is 35.5. The molecule has 5 nitrogen and oxygen atoms in total. The van der Waals surface area contributed by atoms with Crippen LogP contribution in [0.15, 0.2) is 53.1 Å². The molecule has 1 aromatic carbocycles. The first-order valence-corrected chi connectivity index (χ1v) is 7.79. The van der Waals surface area contributed by atoms with Gasteiger partial charge in [-0.25, -0.2) is 4.68 Å². The second-order valence-corrected chi connectivity index (χ2v) is 5.86. The maximum Gasteiger partial charge on any atom is 0.274 e. The molecule has 23 heavy (non-hydrogen) atoms. The Morgan fingerprint density at radius 3 is 2.57 bits per heavy atom. The van der Waals surface area contributed by atoms with E-state index in [1.165, 1.54) is 0 Å². The Morgan fingerprint density at radius 2 is 1.96 bits per heavy atom. The third kappa shape index (κ3) is 2.53. The maximum absolute atomic E-state index is 12.4. The third-order valence-electron chi connectivity index (χ3n) is 3.92. The Kier molecular flexibility index (Phi) is 3.42. The molecular formula is C17H14ClN3O2. The van der Waals surface area contributed by atoms with Gasteiger partial charge >= 0.3 is 0 Å². The maximum atomic E-state index is 12.4.